The molecule has 0 heterocycles. The van der Waals surface area contributed by atoms with Crippen LogP contribution in [0.1, 0.15) is 0 Å². The predicted octanol–water partition coefficient (Wildman–Crippen LogP) is -0.685. The molecule has 0 saturated carbocycles. The van der Waals surface area contributed by atoms with Gasteiger partial charge >= 0.3 is 29.6 Å². The molecule has 0 atom stereocenters. The van der Waals surface area contributed by atoms with E-state index in [-0.39, 0.29) is 41.0 Å². The molecule has 3 nitrogen and oxygen atoms in total. The van der Waals surface area contributed by atoms with Crippen molar-refractivity contribution in [1.82, 2.24) is 0 Å². The van der Waals surface area contributed by atoms with E-state index in [0.717, 1.165) is 5.39 Å². The van der Waals surface area contributed by atoms with E-state index >= 15 is 0 Å². The van der Waals surface area contributed by atoms with Crippen molar-refractivity contribution in [3.63, 3.8) is 0 Å². The van der Waals surface area contributed by atoms with Crippen molar-refractivity contribution in [2.45, 2.75) is 0 Å². The van der Waals surface area contributed by atoms with Crippen LogP contribution in [-0.2, 0) is 0 Å². The first-order chi connectivity index (χ1) is 6.33. The van der Waals surface area contributed by atoms with Gasteiger partial charge in [0.05, 0.1) is 0 Å². The number of nitroso groups, excluding NO2 is 1. The van der Waals surface area contributed by atoms with Crippen LogP contribution >= 0.6 is 0 Å². The van der Waals surface area contributed by atoms with Crippen LogP contribution in [0.3, 0.4) is 0 Å². The first-order valence-corrected chi connectivity index (χ1v) is 3.85. The zero-order valence-corrected chi connectivity index (χ0v) is 9.73. The molecule has 0 bridgehead atoms. The SMILES string of the molecule is O=Nc1c([O-])ccc2ccccc12.[Na+]. The van der Waals surface area contributed by atoms with E-state index in [2.05, 4.69) is 5.18 Å². The first kappa shape index (κ1) is 11.2. The molecule has 0 spiro atoms. The Bertz CT molecular complexity index is 471. The van der Waals surface area contributed by atoms with Gasteiger partial charge in [0.15, 0.2) is 0 Å². The number of nitrogens with zero attached hydrogens (tertiary/aromatic N) is 1. The Morgan fingerprint density at radius 1 is 1.07 bits per heavy atom. The Labute approximate surface area is 103 Å². The van der Waals surface area contributed by atoms with Crippen LogP contribution in [0.25, 0.3) is 10.8 Å². The molecule has 0 amide bonds. The minimum atomic E-state index is -0.325. The average Bonchev–Trinajstić information content (AvgIpc) is 2.18. The molecule has 64 valence electrons. The van der Waals surface area contributed by atoms with Crippen molar-refractivity contribution in [1.29, 1.82) is 0 Å². The van der Waals surface area contributed by atoms with Gasteiger partial charge in [0.25, 0.3) is 0 Å². The molecular weight excluding hydrogens is 189 g/mol. The van der Waals surface area contributed by atoms with E-state index in [1.54, 1.807) is 18.2 Å². The number of hydrogen-bond donors (Lipinski definition) is 0. The van der Waals surface area contributed by atoms with Crippen molar-refractivity contribution >= 4 is 16.5 Å². The van der Waals surface area contributed by atoms with Crippen LogP contribution in [0.4, 0.5) is 5.69 Å². The van der Waals surface area contributed by atoms with E-state index < -0.39 is 0 Å². The summed E-state index contributed by atoms with van der Waals surface area (Å²) in [7, 11) is 0. The maximum Gasteiger partial charge on any atom is 1.00 e. The van der Waals surface area contributed by atoms with E-state index in [4.69, 9.17) is 0 Å². The van der Waals surface area contributed by atoms with Crippen LogP contribution in [-0.4, -0.2) is 0 Å². The van der Waals surface area contributed by atoms with Gasteiger partial charge in [0.2, 0.25) is 0 Å². The topological polar surface area (TPSA) is 52.5 Å². The maximum atomic E-state index is 11.2. The summed E-state index contributed by atoms with van der Waals surface area (Å²) in [5.41, 5.74) is -0.00176. The van der Waals surface area contributed by atoms with Crippen molar-refractivity contribution in [2.24, 2.45) is 5.18 Å². The van der Waals surface area contributed by atoms with Crippen LogP contribution in [0.5, 0.6) is 5.75 Å². The summed E-state index contributed by atoms with van der Waals surface area (Å²) in [5, 5.41) is 15.4. The first-order valence-electron chi connectivity index (χ1n) is 3.85. The van der Waals surface area contributed by atoms with Crippen molar-refractivity contribution < 1.29 is 34.7 Å². The molecule has 4 heteroatoms. The summed E-state index contributed by atoms with van der Waals surface area (Å²) in [6, 6.07) is 10.2. The van der Waals surface area contributed by atoms with E-state index in [0.29, 0.717) is 5.39 Å². The second-order valence-corrected chi connectivity index (χ2v) is 2.72. The van der Waals surface area contributed by atoms with Gasteiger partial charge in [0, 0.05) is 5.39 Å². The summed E-state index contributed by atoms with van der Waals surface area (Å²) in [6.45, 7) is 0. The average molecular weight is 195 g/mol. The van der Waals surface area contributed by atoms with Crippen LogP contribution in [0.15, 0.2) is 41.6 Å². The summed E-state index contributed by atoms with van der Waals surface area (Å²) in [5.74, 6) is -0.325. The Hall–Kier alpha value is -0.900. The molecule has 2 aromatic rings. The smallest absolute Gasteiger partial charge is 0.871 e. The zero-order valence-electron chi connectivity index (χ0n) is 7.73. The quantitative estimate of drug-likeness (QED) is 0.447. The summed E-state index contributed by atoms with van der Waals surface area (Å²) in [4.78, 5) is 10.4. The zero-order chi connectivity index (χ0) is 9.26. The summed E-state index contributed by atoms with van der Waals surface area (Å²) in [6.07, 6.45) is 0. The van der Waals surface area contributed by atoms with Gasteiger partial charge in [-0.3, -0.25) is 0 Å². The minimum Gasteiger partial charge on any atom is -0.871 e. The molecule has 0 aromatic heterocycles. The monoisotopic (exact) mass is 195 g/mol. The fraction of sp³-hybridized carbons (Fsp3) is 0. The fourth-order valence-corrected chi connectivity index (χ4v) is 1.33. The van der Waals surface area contributed by atoms with Crippen LogP contribution < -0.4 is 34.7 Å². The third-order valence-electron chi connectivity index (χ3n) is 1.95. The van der Waals surface area contributed by atoms with Gasteiger partial charge in [-0.05, 0) is 10.6 Å². The van der Waals surface area contributed by atoms with Gasteiger partial charge < -0.3 is 5.11 Å². The summed E-state index contributed by atoms with van der Waals surface area (Å²) < 4.78 is 0. The van der Waals surface area contributed by atoms with Gasteiger partial charge in [-0.1, -0.05) is 42.1 Å². The Morgan fingerprint density at radius 2 is 1.79 bits per heavy atom. The molecule has 0 aliphatic rings. The number of hydrogen-bond acceptors (Lipinski definition) is 3. The number of rotatable bonds is 1. The normalized spacial score (nSPS) is 9.43. The van der Waals surface area contributed by atoms with Crippen LogP contribution in [0, 0.1) is 4.91 Å². The van der Waals surface area contributed by atoms with Gasteiger partial charge in [-0.2, -0.15) is 0 Å². The molecule has 0 unspecified atom stereocenters. The number of benzene rings is 2. The molecule has 0 aliphatic carbocycles. The molecule has 2 rings (SSSR count). The molecule has 0 fully saturated rings. The maximum absolute atomic E-state index is 11.2. The molecule has 0 N–H and O–H groups in total. The summed E-state index contributed by atoms with van der Waals surface area (Å²) >= 11 is 0. The van der Waals surface area contributed by atoms with Gasteiger partial charge in [-0.25, -0.2) is 0 Å². The molecule has 0 saturated heterocycles. The van der Waals surface area contributed by atoms with E-state index in [1.807, 2.05) is 12.1 Å². The van der Waals surface area contributed by atoms with Gasteiger partial charge in [0.1, 0.15) is 5.69 Å². The molecule has 0 radical (unpaired) electrons. The Morgan fingerprint density at radius 3 is 2.50 bits per heavy atom. The van der Waals surface area contributed by atoms with E-state index in [9.17, 15) is 10.0 Å². The van der Waals surface area contributed by atoms with Crippen LogP contribution in [0.2, 0.25) is 0 Å². The Balaban J connectivity index is 0.000000980. The Kier molecular flexibility index (Phi) is 3.63. The number of fused-ring (bicyclic) bond motifs is 1. The molecular formula is C10H6NNaO2. The third-order valence-corrected chi connectivity index (χ3v) is 1.95. The largest absolute Gasteiger partial charge is 1.00 e. The van der Waals surface area contributed by atoms with E-state index in [1.165, 1.54) is 6.07 Å². The third kappa shape index (κ3) is 1.80. The second-order valence-electron chi connectivity index (χ2n) is 2.72. The molecule has 14 heavy (non-hydrogen) atoms. The van der Waals surface area contributed by atoms with Gasteiger partial charge in [-0.15, -0.1) is 4.91 Å². The van der Waals surface area contributed by atoms with Crippen molar-refractivity contribution in [3.8, 4) is 5.75 Å². The van der Waals surface area contributed by atoms with Crippen molar-refractivity contribution in [2.75, 3.05) is 0 Å². The van der Waals surface area contributed by atoms with Crippen molar-refractivity contribution in [3.05, 3.63) is 41.3 Å². The minimum absolute atomic E-state index is 0. The standard InChI is InChI=1S/C10H7NO2.Na/c12-9-6-5-7-3-1-2-4-8(7)10(9)11-13;/h1-6,12H;/q;+1/p-1. The fourth-order valence-electron chi connectivity index (χ4n) is 1.33. The second kappa shape index (κ2) is 4.55. The predicted molar refractivity (Wildman–Crippen MR) is 48.8 cm³/mol. The molecule has 0 aliphatic heterocycles. The molecule has 2 aromatic carbocycles.